The lowest BCUT2D eigenvalue weighted by molar-refractivity contribution is -0.123. The Morgan fingerprint density at radius 2 is 2.20 bits per heavy atom. The number of rotatable bonds is 5. The van der Waals surface area contributed by atoms with Crippen LogP contribution in [0, 0.1) is 17.8 Å². The van der Waals surface area contributed by atoms with Gasteiger partial charge in [0.15, 0.2) is 0 Å². The van der Waals surface area contributed by atoms with Crippen molar-refractivity contribution in [3.8, 4) is 0 Å². The summed E-state index contributed by atoms with van der Waals surface area (Å²) < 4.78 is 0. The highest BCUT2D eigenvalue weighted by atomic mass is 16.1. The quantitative estimate of drug-likeness (QED) is 0.494. The SMILES string of the molecule is CCCCCC(=O)[C@H]1C[C@@H]2C=C(C)[C@H]1C2. The van der Waals surface area contributed by atoms with Crippen molar-refractivity contribution >= 4 is 5.78 Å². The molecule has 0 heterocycles. The summed E-state index contributed by atoms with van der Waals surface area (Å²) in [6, 6.07) is 0. The summed E-state index contributed by atoms with van der Waals surface area (Å²) in [5.74, 6) is 2.28. The summed E-state index contributed by atoms with van der Waals surface area (Å²) in [5, 5.41) is 0. The van der Waals surface area contributed by atoms with Gasteiger partial charge in [0.25, 0.3) is 0 Å². The Morgan fingerprint density at radius 1 is 1.40 bits per heavy atom. The van der Waals surface area contributed by atoms with Gasteiger partial charge in [-0.1, -0.05) is 31.4 Å². The van der Waals surface area contributed by atoms with Gasteiger partial charge in [0, 0.05) is 12.3 Å². The first kappa shape index (κ1) is 10.9. The van der Waals surface area contributed by atoms with Crippen LogP contribution in [0.3, 0.4) is 0 Å². The highest BCUT2D eigenvalue weighted by molar-refractivity contribution is 5.82. The summed E-state index contributed by atoms with van der Waals surface area (Å²) in [5.41, 5.74) is 1.49. The van der Waals surface area contributed by atoms with Crippen molar-refractivity contribution in [2.24, 2.45) is 17.8 Å². The molecule has 2 bridgehead atoms. The van der Waals surface area contributed by atoms with Crippen molar-refractivity contribution < 1.29 is 4.79 Å². The van der Waals surface area contributed by atoms with E-state index in [1.165, 1.54) is 24.8 Å². The van der Waals surface area contributed by atoms with E-state index >= 15 is 0 Å². The van der Waals surface area contributed by atoms with Gasteiger partial charge in [-0.05, 0) is 38.0 Å². The van der Waals surface area contributed by atoms with Crippen LogP contribution in [-0.2, 0) is 4.79 Å². The molecule has 2 rings (SSSR count). The molecule has 2 aliphatic rings. The number of hydrogen-bond donors (Lipinski definition) is 0. The molecular weight excluding hydrogens is 184 g/mol. The molecule has 3 atom stereocenters. The Morgan fingerprint density at radius 3 is 2.80 bits per heavy atom. The van der Waals surface area contributed by atoms with Crippen LogP contribution in [0.15, 0.2) is 11.6 Å². The Bertz CT molecular complexity index is 277. The molecule has 84 valence electrons. The maximum Gasteiger partial charge on any atom is 0.136 e. The molecule has 0 radical (unpaired) electrons. The highest BCUT2D eigenvalue weighted by Crippen LogP contribution is 2.48. The molecule has 0 aromatic heterocycles. The van der Waals surface area contributed by atoms with E-state index in [9.17, 15) is 4.79 Å². The van der Waals surface area contributed by atoms with Crippen LogP contribution < -0.4 is 0 Å². The average molecular weight is 206 g/mol. The summed E-state index contributed by atoms with van der Waals surface area (Å²) >= 11 is 0. The van der Waals surface area contributed by atoms with E-state index in [4.69, 9.17) is 0 Å². The lowest BCUT2D eigenvalue weighted by atomic mass is 9.83. The predicted molar refractivity (Wildman–Crippen MR) is 62.6 cm³/mol. The van der Waals surface area contributed by atoms with Crippen LogP contribution in [0.5, 0.6) is 0 Å². The Kier molecular flexibility index (Phi) is 3.28. The van der Waals surface area contributed by atoms with Gasteiger partial charge < -0.3 is 0 Å². The molecule has 0 N–H and O–H groups in total. The van der Waals surface area contributed by atoms with Crippen LogP contribution in [0.25, 0.3) is 0 Å². The number of ketones is 1. The number of unbranched alkanes of at least 4 members (excludes halogenated alkanes) is 2. The van der Waals surface area contributed by atoms with Gasteiger partial charge in [0.1, 0.15) is 5.78 Å². The fourth-order valence-corrected chi connectivity index (χ4v) is 3.30. The van der Waals surface area contributed by atoms with Gasteiger partial charge in [-0.25, -0.2) is 0 Å². The van der Waals surface area contributed by atoms with E-state index < -0.39 is 0 Å². The molecule has 0 aliphatic heterocycles. The molecule has 0 aromatic rings. The lowest BCUT2D eigenvalue weighted by Gasteiger charge is -2.20. The van der Waals surface area contributed by atoms with E-state index in [0.717, 1.165) is 25.2 Å². The second-order valence-corrected chi connectivity index (χ2v) is 5.28. The van der Waals surface area contributed by atoms with E-state index in [1.807, 2.05) is 0 Å². The van der Waals surface area contributed by atoms with E-state index in [0.29, 0.717) is 17.6 Å². The molecule has 15 heavy (non-hydrogen) atoms. The number of Topliss-reactive ketones (excluding diaryl/α,β-unsaturated/α-hetero) is 1. The Balaban J connectivity index is 1.85. The van der Waals surface area contributed by atoms with E-state index in [1.54, 1.807) is 0 Å². The minimum atomic E-state index is 0.386. The molecule has 1 heteroatoms. The average Bonchev–Trinajstić information content (AvgIpc) is 2.76. The molecule has 0 saturated heterocycles. The van der Waals surface area contributed by atoms with Gasteiger partial charge in [-0.2, -0.15) is 0 Å². The first-order valence-electron chi connectivity index (χ1n) is 6.43. The third kappa shape index (κ3) is 2.16. The van der Waals surface area contributed by atoms with E-state index in [-0.39, 0.29) is 0 Å². The molecule has 1 fully saturated rings. The van der Waals surface area contributed by atoms with Crippen LogP contribution >= 0.6 is 0 Å². The van der Waals surface area contributed by atoms with Gasteiger partial charge in [0.05, 0.1) is 0 Å². The Labute approximate surface area is 92.9 Å². The molecular formula is C14H22O. The second-order valence-electron chi connectivity index (χ2n) is 5.28. The zero-order valence-electron chi connectivity index (χ0n) is 9.96. The van der Waals surface area contributed by atoms with Gasteiger partial charge >= 0.3 is 0 Å². The number of carbonyl (C=O) groups is 1. The summed E-state index contributed by atoms with van der Waals surface area (Å²) in [6.45, 7) is 4.39. The summed E-state index contributed by atoms with van der Waals surface area (Å²) in [7, 11) is 0. The molecule has 0 spiro atoms. The minimum absolute atomic E-state index is 0.386. The largest absolute Gasteiger partial charge is 0.299 e. The number of carbonyl (C=O) groups excluding carboxylic acids is 1. The van der Waals surface area contributed by atoms with E-state index in [2.05, 4.69) is 19.9 Å². The smallest absolute Gasteiger partial charge is 0.136 e. The van der Waals surface area contributed by atoms with Crippen molar-refractivity contribution in [1.82, 2.24) is 0 Å². The standard InChI is InChI=1S/C14H22O/c1-3-4-5-6-14(15)13-9-11-7-10(2)12(13)8-11/h7,11-13H,3-6,8-9H2,1-2H3/t11-,12-,13+/m1/s1. The number of hydrogen-bond acceptors (Lipinski definition) is 1. The first-order chi connectivity index (χ1) is 7.22. The second kappa shape index (κ2) is 4.51. The third-order valence-electron chi connectivity index (χ3n) is 4.12. The van der Waals surface area contributed by atoms with Crippen LogP contribution in [-0.4, -0.2) is 5.78 Å². The molecule has 0 aromatic carbocycles. The Hall–Kier alpha value is -0.590. The molecule has 1 nitrogen and oxygen atoms in total. The van der Waals surface area contributed by atoms with Gasteiger partial charge in [0.2, 0.25) is 0 Å². The van der Waals surface area contributed by atoms with Crippen molar-refractivity contribution in [3.05, 3.63) is 11.6 Å². The van der Waals surface area contributed by atoms with Crippen LogP contribution in [0.1, 0.15) is 52.4 Å². The van der Waals surface area contributed by atoms with Crippen molar-refractivity contribution in [1.29, 1.82) is 0 Å². The molecule has 1 saturated carbocycles. The molecule has 0 unspecified atom stereocenters. The minimum Gasteiger partial charge on any atom is -0.299 e. The molecule has 0 amide bonds. The monoisotopic (exact) mass is 206 g/mol. The maximum absolute atomic E-state index is 12.0. The predicted octanol–water partition coefficient (Wildman–Crippen LogP) is 3.74. The van der Waals surface area contributed by atoms with Crippen molar-refractivity contribution in [3.63, 3.8) is 0 Å². The lowest BCUT2D eigenvalue weighted by Crippen LogP contribution is -2.20. The third-order valence-corrected chi connectivity index (χ3v) is 4.12. The fourth-order valence-electron chi connectivity index (χ4n) is 3.30. The number of allylic oxidation sites excluding steroid dienone is 2. The summed E-state index contributed by atoms with van der Waals surface area (Å²) in [4.78, 5) is 12.0. The maximum atomic E-state index is 12.0. The van der Waals surface area contributed by atoms with Crippen molar-refractivity contribution in [2.45, 2.75) is 52.4 Å². The first-order valence-corrected chi connectivity index (χ1v) is 6.43. The highest BCUT2D eigenvalue weighted by Gasteiger charge is 2.41. The normalized spacial score (nSPS) is 33.2. The summed E-state index contributed by atoms with van der Waals surface area (Å²) in [6.07, 6.45) is 9.15. The topological polar surface area (TPSA) is 17.1 Å². The van der Waals surface area contributed by atoms with Crippen molar-refractivity contribution in [2.75, 3.05) is 0 Å². The fraction of sp³-hybridized carbons (Fsp3) is 0.786. The van der Waals surface area contributed by atoms with Crippen LogP contribution in [0.4, 0.5) is 0 Å². The van der Waals surface area contributed by atoms with Gasteiger partial charge in [-0.15, -0.1) is 0 Å². The zero-order valence-corrected chi connectivity index (χ0v) is 9.96. The van der Waals surface area contributed by atoms with Gasteiger partial charge in [-0.3, -0.25) is 4.79 Å². The zero-order chi connectivity index (χ0) is 10.8. The molecule has 2 aliphatic carbocycles. The number of fused-ring (bicyclic) bond motifs is 2. The van der Waals surface area contributed by atoms with Crippen LogP contribution in [0.2, 0.25) is 0 Å².